The van der Waals surface area contributed by atoms with Crippen molar-refractivity contribution in [3.05, 3.63) is 33.1 Å². The van der Waals surface area contributed by atoms with Gasteiger partial charge in [-0.3, -0.25) is 19.3 Å². The minimum Gasteiger partial charge on any atom is -0.493 e. The molecule has 2 fully saturated rings. The molecule has 0 atom stereocenters. The Morgan fingerprint density at radius 2 is 2.00 bits per heavy atom. The summed E-state index contributed by atoms with van der Waals surface area (Å²) < 4.78 is 6.43. The van der Waals surface area contributed by atoms with Gasteiger partial charge in [0.2, 0.25) is 5.91 Å². The molecule has 144 valence electrons. The maximum absolute atomic E-state index is 12.7. The summed E-state index contributed by atoms with van der Waals surface area (Å²) in [6.07, 6.45) is 4.70. The van der Waals surface area contributed by atoms with Crippen molar-refractivity contribution in [2.24, 2.45) is 0 Å². The lowest BCUT2D eigenvalue weighted by Gasteiger charge is -2.27. The summed E-state index contributed by atoms with van der Waals surface area (Å²) in [5, 5.41) is -0.412. The summed E-state index contributed by atoms with van der Waals surface area (Å²) in [6.45, 7) is 3.57. The molecule has 2 saturated heterocycles. The maximum Gasteiger partial charge on any atom is 0.294 e. The molecule has 0 bridgehead atoms. The monoisotopic (exact) mass is 452 g/mol. The number of carbonyl (C=O) groups is 3. The van der Waals surface area contributed by atoms with E-state index in [0.29, 0.717) is 35.9 Å². The van der Waals surface area contributed by atoms with Gasteiger partial charge in [0.25, 0.3) is 11.1 Å². The summed E-state index contributed by atoms with van der Waals surface area (Å²) in [5.74, 6) is 0.0328. The molecule has 0 saturated carbocycles. The number of carbonyl (C=O) groups excluding carboxylic acids is 3. The first-order chi connectivity index (χ1) is 13.0. The third-order valence-corrected chi connectivity index (χ3v) is 5.83. The number of ether oxygens (including phenoxy) is 1. The van der Waals surface area contributed by atoms with Gasteiger partial charge in [-0.05, 0) is 62.2 Å². The van der Waals surface area contributed by atoms with Crippen LogP contribution in [-0.2, 0) is 9.59 Å². The van der Waals surface area contributed by atoms with Crippen molar-refractivity contribution >= 4 is 50.8 Å². The van der Waals surface area contributed by atoms with Crippen LogP contribution in [0.15, 0.2) is 27.6 Å². The molecule has 0 N–H and O–H groups in total. The first-order valence-corrected chi connectivity index (χ1v) is 10.6. The van der Waals surface area contributed by atoms with Crippen molar-refractivity contribution in [1.82, 2.24) is 9.80 Å². The summed E-state index contributed by atoms with van der Waals surface area (Å²) in [6, 6.07) is 5.49. The predicted octanol–water partition coefficient (Wildman–Crippen LogP) is 3.90. The number of benzene rings is 1. The van der Waals surface area contributed by atoms with E-state index in [1.165, 1.54) is 0 Å². The van der Waals surface area contributed by atoms with Crippen LogP contribution in [0.25, 0.3) is 6.08 Å². The maximum atomic E-state index is 12.7. The number of nitrogens with zero attached hydrogens (tertiary/aromatic N) is 2. The highest BCUT2D eigenvalue weighted by Crippen LogP contribution is 2.35. The Bertz CT molecular complexity index is 790. The number of hydrogen-bond donors (Lipinski definition) is 0. The molecule has 3 rings (SSSR count). The Morgan fingerprint density at radius 3 is 2.70 bits per heavy atom. The van der Waals surface area contributed by atoms with E-state index in [4.69, 9.17) is 4.74 Å². The minimum absolute atomic E-state index is 0.171. The molecule has 8 heteroatoms. The molecule has 0 radical (unpaired) electrons. The van der Waals surface area contributed by atoms with Crippen molar-refractivity contribution in [2.75, 3.05) is 26.2 Å². The van der Waals surface area contributed by atoms with E-state index in [9.17, 15) is 14.4 Å². The number of amides is 3. The van der Waals surface area contributed by atoms with Crippen molar-refractivity contribution < 1.29 is 19.1 Å². The van der Waals surface area contributed by atoms with Gasteiger partial charge in [0.15, 0.2) is 0 Å². The lowest BCUT2D eigenvalue weighted by Crippen LogP contribution is -2.44. The van der Waals surface area contributed by atoms with Crippen molar-refractivity contribution in [3.8, 4) is 5.75 Å². The molecule has 0 aliphatic carbocycles. The van der Waals surface area contributed by atoms with Crippen LogP contribution in [0.1, 0.15) is 31.7 Å². The molecule has 0 aromatic heterocycles. The number of rotatable bonds is 5. The normalized spacial score (nSPS) is 19.1. The first-order valence-electron chi connectivity index (χ1n) is 8.95. The fourth-order valence-electron chi connectivity index (χ4n) is 3.08. The lowest BCUT2D eigenvalue weighted by molar-refractivity contribution is -0.136. The van der Waals surface area contributed by atoms with Crippen LogP contribution < -0.4 is 4.74 Å². The number of thioether (sulfide) groups is 1. The second-order valence-corrected chi connectivity index (χ2v) is 8.23. The Kier molecular flexibility index (Phi) is 6.59. The molecule has 1 aromatic carbocycles. The van der Waals surface area contributed by atoms with E-state index in [1.807, 2.05) is 25.1 Å². The average molecular weight is 453 g/mol. The largest absolute Gasteiger partial charge is 0.493 e. The molecule has 0 unspecified atom stereocenters. The van der Waals surface area contributed by atoms with Gasteiger partial charge in [0.1, 0.15) is 12.3 Å². The Hall–Kier alpha value is -1.80. The first kappa shape index (κ1) is 19.9. The van der Waals surface area contributed by atoms with Gasteiger partial charge >= 0.3 is 0 Å². The molecule has 3 amide bonds. The Morgan fingerprint density at radius 1 is 1.26 bits per heavy atom. The second kappa shape index (κ2) is 8.93. The van der Waals surface area contributed by atoms with Crippen LogP contribution in [0.2, 0.25) is 0 Å². The second-order valence-electron chi connectivity index (χ2n) is 6.32. The lowest BCUT2D eigenvalue weighted by atomic mass is 10.1. The van der Waals surface area contributed by atoms with Gasteiger partial charge in [0, 0.05) is 23.1 Å². The summed E-state index contributed by atoms with van der Waals surface area (Å²) in [7, 11) is 0. The smallest absolute Gasteiger partial charge is 0.294 e. The number of imide groups is 1. The SMILES string of the molecule is CCOc1ccc(Br)cc1/C=C1/SC(=O)N(CC(=O)N2CCCCC2)C1=O. The average Bonchev–Trinajstić information content (AvgIpc) is 2.92. The van der Waals surface area contributed by atoms with Crippen LogP contribution in [-0.4, -0.2) is 53.1 Å². The van der Waals surface area contributed by atoms with Crippen LogP contribution in [0.5, 0.6) is 5.75 Å². The van der Waals surface area contributed by atoms with E-state index in [1.54, 1.807) is 11.0 Å². The zero-order chi connectivity index (χ0) is 19.4. The van der Waals surface area contributed by atoms with Gasteiger partial charge < -0.3 is 9.64 Å². The highest BCUT2D eigenvalue weighted by molar-refractivity contribution is 9.10. The molecule has 2 aliphatic rings. The van der Waals surface area contributed by atoms with Crippen molar-refractivity contribution in [3.63, 3.8) is 0 Å². The van der Waals surface area contributed by atoms with Gasteiger partial charge in [0.05, 0.1) is 11.5 Å². The summed E-state index contributed by atoms with van der Waals surface area (Å²) >= 11 is 4.26. The van der Waals surface area contributed by atoms with Crippen LogP contribution in [0.4, 0.5) is 4.79 Å². The minimum atomic E-state index is -0.433. The molecule has 0 spiro atoms. The highest BCUT2D eigenvalue weighted by Gasteiger charge is 2.37. The van der Waals surface area contributed by atoms with Gasteiger partial charge in [-0.1, -0.05) is 15.9 Å². The fraction of sp³-hybridized carbons (Fsp3) is 0.421. The third-order valence-electron chi connectivity index (χ3n) is 4.43. The number of halogens is 1. The topological polar surface area (TPSA) is 66.9 Å². The zero-order valence-corrected chi connectivity index (χ0v) is 17.5. The van der Waals surface area contributed by atoms with E-state index in [2.05, 4.69) is 15.9 Å². The third kappa shape index (κ3) is 4.73. The highest BCUT2D eigenvalue weighted by atomic mass is 79.9. The van der Waals surface area contributed by atoms with Crippen LogP contribution in [0, 0.1) is 0 Å². The molecule has 2 aliphatic heterocycles. The number of likely N-dealkylation sites (tertiary alicyclic amines) is 1. The molecule has 6 nitrogen and oxygen atoms in total. The quantitative estimate of drug-likeness (QED) is 0.633. The van der Waals surface area contributed by atoms with E-state index in [-0.39, 0.29) is 12.5 Å². The van der Waals surface area contributed by atoms with Crippen molar-refractivity contribution in [2.45, 2.75) is 26.2 Å². The van der Waals surface area contributed by atoms with Gasteiger partial charge in [-0.25, -0.2) is 0 Å². The Labute approximate surface area is 171 Å². The molecule has 27 heavy (non-hydrogen) atoms. The molecule has 1 aromatic rings. The summed E-state index contributed by atoms with van der Waals surface area (Å²) in [4.78, 5) is 40.5. The Balaban J connectivity index is 1.76. The van der Waals surface area contributed by atoms with Crippen LogP contribution >= 0.6 is 27.7 Å². The fourth-order valence-corrected chi connectivity index (χ4v) is 4.28. The molecule has 2 heterocycles. The van der Waals surface area contributed by atoms with Crippen molar-refractivity contribution in [1.29, 1.82) is 0 Å². The number of hydrogen-bond acceptors (Lipinski definition) is 5. The number of piperidine rings is 1. The van der Waals surface area contributed by atoms with E-state index in [0.717, 1.165) is 40.4 Å². The summed E-state index contributed by atoms with van der Waals surface area (Å²) in [5.41, 5.74) is 0.707. The van der Waals surface area contributed by atoms with Gasteiger partial charge in [-0.15, -0.1) is 0 Å². The van der Waals surface area contributed by atoms with E-state index >= 15 is 0 Å². The predicted molar refractivity (Wildman–Crippen MR) is 108 cm³/mol. The zero-order valence-electron chi connectivity index (χ0n) is 15.1. The molecular weight excluding hydrogens is 432 g/mol. The van der Waals surface area contributed by atoms with E-state index < -0.39 is 11.1 Å². The van der Waals surface area contributed by atoms with Crippen LogP contribution in [0.3, 0.4) is 0 Å². The standard InChI is InChI=1S/C19H21BrN2O4S/c1-2-26-15-7-6-14(20)10-13(15)11-16-18(24)22(19(25)27-16)12-17(23)21-8-4-3-5-9-21/h6-7,10-11H,2-5,8-9,12H2,1H3/b16-11+. The molecular formula is C19H21BrN2O4S. The van der Waals surface area contributed by atoms with Gasteiger partial charge in [-0.2, -0.15) is 0 Å².